The predicted octanol–water partition coefficient (Wildman–Crippen LogP) is 0.606. The van der Waals surface area contributed by atoms with E-state index in [1.807, 2.05) is 0 Å². The highest BCUT2D eigenvalue weighted by molar-refractivity contribution is 5.81. The maximum Gasteiger partial charge on any atom is 0.331 e. The summed E-state index contributed by atoms with van der Waals surface area (Å²) in [4.78, 5) is 21.5. The van der Waals surface area contributed by atoms with Gasteiger partial charge in [-0.2, -0.15) is 0 Å². The first-order chi connectivity index (χ1) is 7.20. The monoisotopic (exact) mass is 215 g/mol. The van der Waals surface area contributed by atoms with Gasteiger partial charge in [0.15, 0.2) is 0 Å². The third kappa shape index (κ3) is 8.80. The molecule has 0 aromatic heterocycles. The molecule has 0 heterocycles. The van der Waals surface area contributed by atoms with Gasteiger partial charge in [-0.15, -0.1) is 0 Å². The number of hydrogen-bond acceptors (Lipinski definition) is 5. The summed E-state index contributed by atoms with van der Waals surface area (Å²) < 4.78 is 9.13. The molecule has 0 radical (unpaired) electrons. The van der Waals surface area contributed by atoms with Crippen molar-refractivity contribution in [1.82, 2.24) is 5.32 Å². The van der Waals surface area contributed by atoms with Crippen LogP contribution in [0.15, 0.2) is 12.3 Å². The van der Waals surface area contributed by atoms with Crippen molar-refractivity contribution < 1.29 is 19.1 Å². The number of carbonyl (C=O) groups excluding carboxylic acids is 2. The second kappa shape index (κ2) is 9.05. The Morgan fingerprint density at radius 3 is 2.73 bits per heavy atom. The Morgan fingerprint density at radius 2 is 2.13 bits per heavy atom. The van der Waals surface area contributed by atoms with Crippen molar-refractivity contribution in [3.63, 3.8) is 0 Å². The molecule has 0 saturated heterocycles. The second-order valence-electron chi connectivity index (χ2n) is 2.72. The van der Waals surface area contributed by atoms with Gasteiger partial charge in [0.25, 0.3) is 0 Å². The highest BCUT2D eigenvalue weighted by atomic mass is 16.5. The predicted molar refractivity (Wildman–Crippen MR) is 55.0 cm³/mol. The summed E-state index contributed by atoms with van der Waals surface area (Å²) in [6, 6.07) is 0. The van der Waals surface area contributed by atoms with Crippen molar-refractivity contribution in [3.8, 4) is 0 Å². The van der Waals surface area contributed by atoms with Gasteiger partial charge >= 0.3 is 11.9 Å². The molecule has 0 aromatic carbocycles. The minimum atomic E-state index is -0.409. The van der Waals surface area contributed by atoms with E-state index >= 15 is 0 Å². The Kier molecular flexibility index (Phi) is 8.13. The highest BCUT2D eigenvalue weighted by Crippen LogP contribution is 1.91. The van der Waals surface area contributed by atoms with Crippen molar-refractivity contribution in [3.05, 3.63) is 12.3 Å². The topological polar surface area (TPSA) is 64.6 Å². The van der Waals surface area contributed by atoms with Crippen LogP contribution in [0.4, 0.5) is 0 Å². The SMILES string of the molecule is CCOC(=O)CCCN/C=C/C(=O)OC. The fourth-order valence-electron chi connectivity index (χ4n) is 0.846. The maximum absolute atomic E-state index is 10.9. The van der Waals surface area contributed by atoms with Gasteiger partial charge in [-0.25, -0.2) is 4.79 Å². The Labute approximate surface area is 89.4 Å². The summed E-state index contributed by atoms with van der Waals surface area (Å²) in [5.74, 6) is -0.607. The Bertz CT molecular complexity index is 225. The fourth-order valence-corrected chi connectivity index (χ4v) is 0.846. The molecule has 0 fully saturated rings. The van der Waals surface area contributed by atoms with E-state index in [0.29, 0.717) is 26.0 Å². The number of esters is 2. The van der Waals surface area contributed by atoms with Gasteiger partial charge in [0.1, 0.15) is 0 Å². The summed E-state index contributed by atoms with van der Waals surface area (Å²) in [5, 5.41) is 2.86. The molecule has 15 heavy (non-hydrogen) atoms. The standard InChI is InChI=1S/C10H17NO4/c1-3-15-10(13)5-4-7-11-8-6-9(12)14-2/h6,8,11H,3-5,7H2,1-2H3/b8-6+. The van der Waals surface area contributed by atoms with Crippen molar-refractivity contribution in [1.29, 1.82) is 0 Å². The second-order valence-corrected chi connectivity index (χ2v) is 2.72. The Balaban J connectivity index is 3.35. The van der Waals surface area contributed by atoms with Crippen molar-refractivity contribution >= 4 is 11.9 Å². The van der Waals surface area contributed by atoms with Crippen molar-refractivity contribution in [2.45, 2.75) is 19.8 Å². The van der Waals surface area contributed by atoms with Gasteiger partial charge < -0.3 is 14.8 Å². The lowest BCUT2D eigenvalue weighted by Crippen LogP contribution is -2.11. The number of hydrogen-bond donors (Lipinski definition) is 1. The average Bonchev–Trinajstić information content (AvgIpc) is 2.23. The molecule has 0 unspecified atom stereocenters. The lowest BCUT2D eigenvalue weighted by molar-refractivity contribution is -0.143. The Morgan fingerprint density at radius 1 is 1.40 bits per heavy atom. The van der Waals surface area contributed by atoms with Crippen LogP contribution in [0.25, 0.3) is 0 Å². The summed E-state index contributed by atoms with van der Waals surface area (Å²) >= 11 is 0. The van der Waals surface area contributed by atoms with Crippen LogP contribution >= 0.6 is 0 Å². The zero-order valence-electron chi connectivity index (χ0n) is 9.12. The summed E-state index contributed by atoms with van der Waals surface area (Å²) in [7, 11) is 1.31. The summed E-state index contributed by atoms with van der Waals surface area (Å²) in [5.41, 5.74) is 0. The summed E-state index contributed by atoms with van der Waals surface area (Å²) in [6.07, 6.45) is 3.83. The van der Waals surface area contributed by atoms with Crippen molar-refractivity contribution in [2.75, 3.05) is 20.3 Å². The van der Waals surface area contributed by atoms with Gasteiger partial charge in [-0.05, 0) is 13.3 Å². The minimum Gasteiger partial charge on any atom is -0.466 e. The van der Waals surface area contributed by atoms with Crippen LogP contribution in [0.5, 0.6) is 0 Å². The van der Waals surface area contributed by atoms with E-state index in [4.69, 9.17) is 4.74 Å². The lowest BCUT2D eigenvalue weighted by Gasteiger charge is -2.01. The van der Waals surface area contributed by atoms with E-state index in [9.17, 15) is 9.59 Å². The average molecular weight is 215 g/mol. The molecule has 5 nitrogen and oxygen atoms in total. The highest BCUT2D eigenvalue weighted by Gasteiger charge is 1.99. The molecule has 86 valence electrons. The smallest absolute Gasteiger partial charge is 0.331 e. The van der Waals surface area contributed by atoms with Crippen LogP contribution in [0.2, 0.25) is 0 Å². The van der Waals surface area contributed by atoms with E-state index in [2.05, 4.69) is 10.1 Å². The van der Waals surface area contributed by atoms with Gasteiger partial charge in [-0.1, -0.05) is 0 Å². The van der Waals surface area contributed by atoms with Gasteiger partial charge in [0, 0.05) is 25.2 Å². The molecule has 0 aliphatic heterocycles. The first-order valence-corrected chi connectivity index (χ1v) is 4.84. The molecule has 0 spiro atoms. The summed E-state index contributed by atoms with van der Waals surface area (Å²) in [6.45, 7) is 2.80. The van der Waals surface area contributed by atoms with E-state index in [-0.39, 0.29) is 5.97 Å². The molecule has 0 saturated carbocycles. The zero-order valence-corrected chi connectivity index (χ0v) is 9.12. The van der Waals surface area contributed by atoms with Crippen LogP contribution in [0.1, 0.15) is 19.8 Å². The van der Waals surface area contributed by atoms with Crippen LogP contribution in [-0.2, 0) is 19.1 Å². The molecule has 5 heteroatoms. The molecule has 0 rings (SSSR count). The van der Waals surface area contributed by atoms with Gasteiger partial charge in [0.05, 0.1) is 13.7 Å². The molecular formula is C10H17NO4. The normalized spacial score (nSPS) is 10.0. The molecule has 0 aromatic rings. The first kappa shape index (κ1) is 13.5. The molecule has 0 amide bonds. The quantitative estimate of drug-likeness (QED) is 0.383. The zero-order chi connectivity index (χ0) is 11.5. The van der Waals surface area contributed by atoms with Gasteiger partial charge in [0.2, 0.25) is 0 Å². The molecule has 0 atom stereocenters. The van der Waals surface area contributed by atoms with E-state index in [1.54, 1.807) is 6.92 Å². The van der Waals surface area contributed by atoms with Gasteiger partial charge in [-0.3, -0.25) is 4.79 Å². The minimum absolute atomic E-state index is 0.198. The fraction of sp³-hybridized carbons (Fsp3) is 0.600. The first-order valence-electron chi connectivity index (χ1n) is 4.84. The number of ether oxygens (including phenoxy) is 2. The van der Waals surface area contributed by atoms with E-state index in [0.717, 1.165) is 0 Å². The molecular weight excluding hydrogens is 198 g/mol. The number of methoxy groups -OCH3 is 1. The third-order valence-corrected chi connectivity index (χ3v) is 1.55. The number of carbonyl (C=O) groups is 2. The van der Waals surface area contributed by atoms with Crippen LogP contribution in [-0.4, -0.2) is 32.2 Å². The third-order valence-electron chi connectivity index (χ3n) is 1.55. The van der Waals surface area contributed by atoms with E-state index in [1.165, 1.54) is 19.4 Å². The Hall–Kier alpha value is -1.52. The van der Waals surface area contributed by atoms with Crippen LogP contribution < -0.4 is 5.32 Å². The number of rotatable bonds is 7. The molecule has 1 N–H and O–H groups in total. The molecule has 0 bridgehead atoms. The van der Waals surface area contributed by atoms with E-state index < -0.39 is 5.97 Å². The van der Waals surface area contributed by atoms with Crippen LogP contribution in [0, 0.1) is 0 Å². The van der Waals surface area contributed by atoms with Crippen LogP contribution in [0.3, 0.4) is 0 Å². The molecule has 0 aliphatic rings. The lowest BCUT2D eigenvalue weighted by atomic mass is 10.3. The molecule has 0 aliphatic carbocycles. The number of nitrogens with one attached hydrogen (secondary N) is 1. The van der Waals surface area contributed by atoms with Crippen molar-refractivity contribution in [2.24, 2.45) is 0 Å². The maximum atomic E-state index is 10.9. The largest absolute Gasteiger partial charge is 0.466 e.